The lowest BCUT2D eigenvalue weighted by Gasteiger charge is -2.10. The summed E-state index contributed by atoms with van der Waals surface area (Å²) >= 11 is 0. The molecule has 0 bridgehead atoms. The number of nitrogens with one attached hydrogen (secondary N) is 1. The van der Waals surface area contributed by atoms with Gasteiger partial charge in [0.1, 0.15) is 5.75 Å². The molecule has 0 radical (unpaired) electrons. The summed E-state index contributed by atoms with van der Waals surface area (Å²) in [7, 11) is 0. The van der Waals surface area contributed by atoms with Crippen molar-refractivity contribution in [3.8, 4) is 11.8 Å². The highest BCUT2D eigenvalue weighted by atomic mass is 19.4. The summed E-state index contributed by atoms with van der Waals surface area (Å²) in [6.45, 7) is 3.27. The lowest BCUT2D eigenvalue weighted by atomic mass is 10.1. The first-order valence-electron chi connectivity index (χ1n) is 9.14. The van der Waals surface area contributed by atoms with Gasteiger partial charge in [-0.2, -0.15) is 23.5 Å². The molecule has 0 saturated carbocycles. The Bertz CT molecular complexity index is 868. The summed E-state index contributed by atoms with van der Waals surface area (Å²) in [6, 6.07) is 8.19. The molecule has 6 nitrogen and oxygen atoms in total. The van der Waals surface area contributed by atoms with Crippen molar-refractivity contribution in [1.29, 1.82) is 5.26 Å². The standard InChI is InChI=1S/C20H23F3N4O2/c1-14-18(15(2)27(26-14)11-3-10-24)8-9-19(28)25-12-16-4-6-17(7-5-16)29-13-20(21,22)23/h4-7H,3,8-9,11-13H2,1-2H3,(H,25,28). The van der Waals surface area contributed by atoms with E-state index in [2.05, 4.69) is 21.2 Å². The number of hydrogen-bond donors (Lipinski definition) is 1. The van der Waals surface area contributed by atoms with E-state index in [0.29, 0.717) is 25.8 Å². The van der Waals surface area contributed by atoms with E-state index in [1.807, 2.05) is 13.8 Å². The molecule has 2 rings (SSSR count). The van der Waals surface area contributed by atoms with Crippen molar-refractivity contribution in [2.75, 3.05) is 6.61 Å². The van der Waals surface area contributed by atoms with Crippen molar-refractivity contribution in [3.63, 3.8) is 0 Å². The minimum Gasteiger partial charge on any atom is -0.484 e. The predicted molar refractivity (Wildman–Crippen MR) is 100 cm³/mol. The normalized spacial score (nSPS) is 11.2. The molecule has 1 N–H and O–H groups in total. The lowest BCUT2D eigenvalue weighted by molar-refractivity contribution is -0.153. The maximum Gasteiger partial charge on any atom is 0.422 e. The molecule has 0 spiro atoms. The Morgan fingerprint density at radius 3 is 2.59 bits per heavy atom. The number of benzene rings is 1. The first-order chi connectivity index (χ1) is 13.7. The number of nitrogens with zero attached hydrogens (tertiary/aromatic N) is 3. The molecule has 9 heteroatoms. The van der Waals surface area contributed by atoms with Gasteiger partial charge in [-0.25, -0.2) is 0 Å². The van der Waals surface area contributed by atoms with Crippen molar-refractivity contribution in [1.82, 2.24) is 15.1 Å². The van der Waals surface area contributed by atoms with E-state index in [-0.39, 0.29) is 18.2 Å². The van der Waals surface area contributed by atoms with E-state index in [4.69, 9.17) is 5.26 Å². The quantitative estimate of drug-likeness (QED) is 0.688. The van der Waals surface area contributed by atoms with Gasteiger partial charge in [-0.15, -0.1) is 0 Å². The van der Waals surface area contributed by atoms with E-state index >= 15 is 0 Å². The molecule has 2 aromatic rings. The van der Waals surface area contributed by atoms with Crippen LogP contribution in [0.3, 0.4) is 0 Å². The Labute approximate surface area is 167 Å². The molecular formula is C20H23F3N4O2. The van der Waals surface area contributed by atoms with Crippen LogP contribution in [0.5, 0.6) is 5.75 Å². The van der Waals surface area contributed by atoms with Gasteiger partial charge in [0.05, 0.1) is 24.7 Å². The minimum absolute atomic E-state index is 0.122. The zero-order valence-electron chi connectivity index (χ0n) is 16.3. The highest BCUT2D eigenvalue weighted by Gasteiger charge is 2.28. The average Bonchev–Trinajstić information content (AvgIpc) is 2.94. The van der Waals surface area contributed by atoms with Gasteiger partial charge in [0.25, 0.3) is 0 Å². The second-order valence-electron chi connectivity index (χ2n) is 6.61. The van der Waals surface area contributed by atoms with Crippen LogP contribution < -0.4 is 10.1 Å². The maximum absolute atomic E-state index is 12.1. The largest absolute Gasteiger partial charge is 0.484 e. The minimum atomic E-state index is -4.38. The van der Waals surface area contributed by atoms with Crippen molar-refractivity contribution >= 4 is 5.91 Å². The first-order valence-corrected chi connectivity index (χ1v) is 9.14. The van der Waals surface area contributed by atoms with Crippen LogP contribution in [0, 0.1) is 25.2 Å². The third-order valence-corrected chi connectivity index (χ3v) is 4.38. The third-order valence-electron chi connectivity index (χ3n) is 4.38. The number of ether oxygens (including phenoxy) is 1. The van der Waals surface area contributed by atoms with Crippen LogP contribution in [0.15, 0.2) is 24.3 Å². The summed E-state index contributed by atoms with van der Waals surface area (Å²) in [5, 5.41) is 15.9. The van der Waals surface area contributed by atoms with Crippen LogP contribution in [0.1, 0.15) is 35.4 Å². The van der Waals surface area contributed by atoms with Crippen molar-refractivity contribution < 1.29 is 22.7 Å². The molecule has 29 heavy (non-hydrogen) atoms. The third kappa shape index (κ3) is 7.14. The smallest absolute Gasteiger partial charge is 0.422 e. The van der Waals surface area contributed by atoms with Crippen LogP contribution in [-0.4, -0.2) is 28.5 Å². The van der Waals surface area contributed by atoms with E-state index in [9.17, 15) is 18.0 Å². The van der Waals surface area contributed by atoms with Gasteiger partial charge in [0.2, 0.25) is 5.91 Å². The topological polar surface area (TPSA) is 79.9 Å². The average molecular weight is 408 g/mol. The Balaban J connectivity index is 1.80. The van der Waals surface area contributed by atoms with Crippen LogP contribution in [0.25, 0.3) is 0 Å². The summed E-state index contributed by atoms with van der Waals surface area (Å²) in [5.74, 6) is -0.0114. The number of rotatable bonds is 9. The molecule has 156 valence electrons. The number of alkyl halides is 3. The molecule has 0 aliphatic carbocycles. The van der Waals surface area contributed by atoms with Crippen LogP contribution >= 0.6 is 0 Å². The summed E-state index contributed by atoms with van der Waals surface area (Å²) in [6.07, 6.45) is -3.17. The molecule has 0 aliphatic heterocycles. The lowest BCUT2D eigenvalue weighted by Crippen LogP contribution is -2.23. The summed E-state index contributed by atoms with van der Waals surface area (Å²) in [5.41, 5.74) is 3.57. The molecule has 1 aromatic heterocycles. The SMILES string of the molecule is Cc1nn(CCC#N)c(C)c1CCC(=O)NCc1ccc(OCC(F)(F)F)cc1. The van der Waals surface area contributed by atoms with Crippen LogP contribution in [0.2, 0.25) is 0 Å². The zero-order chi connectivity index (χ0) is 21.4. The fourth-order valence-electron chi connectivity index (χ4n) is 2.87. The molecule has 1 heterocycles. The fourth-order valence-corrected chi connectivity index (χ4v) is 2.87. The summed E-state index contributed by atoms with van der Waals surface area (Å²) in [4.78, 5) is 12.1. The number of nitriles is 1. The van der Waals surface area contributed by atoms with Gasteiger partial charge < -0.3 is 10.1 Å². The predicted octanol–water partition coefficient (Wildman–Crippen LogP) is 3.60. The number of carbonyl (C=O) groups is 1. The van der Waals surface area contributed by atoms with Crippen LogP contribution in [-0.2, 0) is 24.3 Å². The van der Waals surface area contributed by atoms with Crippen molar-refractivity contribution in [2.24, 2.45) is 0 Å². The first kappa shape index (κ1) is 22.3. The Morgan fingerprint density at radius 1 is 1.28 bits per heavy atom. The molecular weight excluding hydrogens is 385 g/mol. The highest BCUT2D eigenvalue weighted by Crippen LogP contribution is 2.19. The van der Waals surface area contributed by atoms with Gasteiger partial charge in [-0.05, 0) is 43.5 Å². The van der Waals surface area contributed by atoms with Gasteiger partial charge in [0, 0.05) is 18.7 Å². The molecule has 0 unspecified atom stereocenters. The Kier molecular flexibility index (Phi) is 7.65. The van der Waals surface area contributed by atoms with Crippen LogP contribution in [0.4, 0.5) is 13.2 Å². The molecule has 1 amide bonds. The fraction of sp³-hybridized carbons (Fsp3) is 0.450. The number of carbonyl (C=O) groups excluding carboxylic acids is 1. The van der Waals surface area contributed by atoms with Gasteiger partial charge in [0.15, 0.2) is 6.61 Å². The van der Waals surface area contributed by atoms with E-state index in [0.717, 1.165) is 22.5 Å². The highest BCUT2D eigenvalue weighted by molar-refractivity contribution is 5.76. The Hall–Kier alpha value is -3.02. The number of hydrogen-bond acceptors (Lipinski definition) is 4. The number of amides is 1. The van der Waals surface area contributed by atoms with E-state index in [1.165, 1.54) is 12.1 Å². The number of halogens is 3. The van der Waals surface area contributed by atoms with Crippen molar-refractivity contribution in [3.05, 3.63) is 46.8 Å². The van der Waals surface area contributed by atoms with Gasteiger partial charge in [-0.1, -0.05) is 12.1 Å². The van der Waals surface area contributed by atoms with Crippen molar-refractivity contribution in [2.45, 2.75) is 52.4 Å². The number of aromatic nitrogens is 2. The van der Waals surface area contributed by atoms with E-state index in [1.54, 1.807) is 16.8 Å². The maximum atomic E-state index is 12.1. The Morgan fingerprint density at radius 2 is 1.97 bits per heavy atom. The second-order valence-corrected chi connectivity index (χ2v) is 6.61. The monoisotopic (exact) mass is 408 g/mol. The van der Waals surface area contributed by atoms with Gasteiger partial charge in [-0.3, -0.25) is 9.48 Å². The summed E-state index contributed by atoms with van der Waals surface area (Å²) < 4.78 is 42.9. The molecule has 1 aromatic carbocycles. The molecule has 0 saturated heterocycles. The van der Waals surface area contributed by atoms with E-state index < -0.39 is 12.8 Å². The molecule has 0 fully saturated rings. The number of aryl methyl sites for hydroxylation is 2. The molecule has 0 aliphatic rings. The second kappa shape index (κ2) is 9.96. The molecule has 0 atom stereocenters. The zero-order valence-corrected chi connectivity index (χ0v) is 16.3. The van der Waals surface area contributed by atoms with Gasteiger partial charge >= 0.3 is 6.18 Å².